The fourth-order valence-corrected chi connectivity index (χ4v) is 2.01. The highest BCUT2D eigenvalue weighted by atomic mass is 16.5. The SMILES string of the molecule is O=C(N/N=C/c1ccc(OC(=O)c2ccncc2)cc1)c1ccncc1. The Morgan fingerprint density at radius 3 is 2.04 bits per heavy atom. The van der Waals surface area contributed by atoms with Crippen LogP contribution >= 0.6 is 0 Å². The van der Waals surface area contributed by atoms with Crippen molar-refractivity contribution in [1.82, 2.24) is 15.4 Å². The minimum atomic E-state index is -0.460. The summed E-state index contributed by atoms with van der Waals surface area (Å²) in [5.41, 5.74) is 4.06. The quantitative estimate of drug-likeness (QED) is 0.331. The highest BCUT2D eigenvalue weighted by molar-refractivity contribution is 5.94. The Labute approximate surface area is 149 Å². The lowest BCUT2D eigenvalue weighted by Gasteiger charge is -2.04. The third-order valence-electron chi connectivity index (χ3n) is 3.33. The van der Waals surface area contributed by atoms with Crippen molar-refractivity contribution in [1.29, 1.82) is 0 Å². The van der Waals surface area contributed by atoms with Crippen molar-refractivity contribution in [3.8, 4) is 5.75 Å². The zero-order chi connectivity index (χ0) is 18.2. The van der Waals surface area contributed by atoms with Gasteiger partial charge < -0.3 is 4.74 Å². The Bertz CT molecular complexity index is 911. The van der Waals surface area contributed by atoms with Crippen molar-refractivity contribution in [3.63, 3.8) is 0 Å². The van der Waals surface area contributed by atoms with Gasteiger partial charge in [0.1, 0.15) is 5.75 Å². The number of carbonyl (C=O) groups excluding carboxylic acids is 2. The number of hydrogen-bond donors (Lipinski definition) is 1. The highest BCUT2D eigenvalue weighted by Gasteiger charge is 2.07. The lowest BCUT2D eigenvalue weighted by atomic mass is 10.2. The van der Waals surface area contributed by atoms with Crippen LogP contribution in [-0.4, -0.2) is 28.1 Å². The van der Waals surface area contributed by atoms with E-state index in [-0.39, 0.29) is 5.91 Å². The summed E-state index contributed by atoms with van der Waals surface area (Å²) in [4.78, 5) is 31.5. The molecule has 2 aromatic heterocycles. The summed E-state index contributed by atoms with van der Waals surface area (Å²) in [6.07, 6.45) is 7.61. The summed E-state index contributed by atoms with van der Waals surface area (Å²) < 4.78 is 5.27. The molecule has 1 aromatic carbocycles. The maximum atomic E-state index is 12.0. The monoisotopic (exact) mass is 346 g/mol. The smallest absolute Gasteiger partial charge is 0.343 e. The van der Waals surface area contributed by atoms with Gasteiger partial charge >= 0.3 is 5.97 Å². The number of rotatable bonds is 5. The van der Waals surface area contributed by atoms with Gasteiger partial charge in [-0.2, -0.15) is 5.10 Å². The van der Waals surface area contributed by atoms with E-state index >= 15 is 0 Å². The van der Waals surface area contributed by atoms with Crippen LogP contribution in [-0.2, 0) is 0 Å². The molecule has 0 atom stereocenters. The van der Waals surface area contributed by atoms with Crippen molar-refractivity contribution in [2.75, 3.05) is 0 Å². The molecule has 0 radical (unpaired) electrons. The van der Waals surface area contributed by atoms with E-state index in [0.29, 0.717) is 16.9 Å². The molecule has 0 spiro atoms. The molecule has 26 heavy (non-hydrogen) atoms. The van der Waals surface area contributed by atoms with Crippen molar-refractivity contribution < 1.29 is 14.3 Å². The molecule has 0 saturated carbocycles. The molecular weight excluding hydrogens is 332 g/mol. The van der Waals surface area contributed by atoms with E-state index in [0.717, 1.165) is 5.56 Å². The predicted octanol–water partition coefficient (Wildman–Crippen LogP) is 2.46. The number of pyridine rings is 2. The van der Waals surface area contributed by atoms with Gasteiger partial charge in [-0.3, -0.25) is 14.8 Å². The Morgan fingerprint density at radius 1 is 0.846 bits per heavy atom. The number of benzene rings is 1. The van der Waals surface area contributed by atoms with E-state index in [2.05, 4.69) is 20.5 Å². The van der Waals surface area contributed by atoms with E-state index in [4.69, 9.17) is 4.74 Å². The average molecular weight is 346 g/mol. The fourth-order valence-electron chi connectivity index (χ4n) is 2.01. The van der Waals surface area contributed by atoms with Gasteiger partial charge in [0.15, 0.2) is 0 Å². The third kappa shape index (κ3) is 4.57. The number of nitrogens with one attached hydrogen (secondary N) is 1. The molecule has 3 aromatic rings. The molecule has 0 unspecified atom stereocenters. The summed E-state index contributed by atoms with van der Waals surface area (Å²) in [5, 5.41) is 3.90. The van der Waals surface area contributed by atoms with Crippen LogP contribution in [0.3, 0.4) is 0 Å². The van der Waals surface area contributed by atoms with Gasteiger partial charge in [-0.05, 0) is 54.1 Å². The molecule has 2 heterocycles. The molecule has 0 fully saturated rings. The molecule has 7 nitrogen and oxygen atoms in total. The summed E-state index contributed by atoms with van der Waals surface area (Å²) in [6.45, 7) is 0. The summed E-state index contributed by atoms with van der Waals surface area (Å²) in [6, 6.07) is 13.1. The van der Waals surface area contributed by atoms with Gasteiger partial charge in [-0.15, -0.1) is 0 Å². The highest BCUT2D eigenvalue weighted by Crippen LogP contribution is 2.13. The molecule has 1 N–H and O–H groups in total. The summed E-state index contributed by atoms with van der Waals surface area (Å²) in [5.74, 6) is -0.380. The number of amides is 1. The van der Waals surface area contributed by atoms with E-state index in [1.54, 1.807) is 48.5 Å². The van der Waals surface area contributed by atoms with Gasteiger partial charge in [0.25, 0.3) is 5.91 Å². The van der Waals surface area contributed by atoms with E-state index < -0.39 is 5.97 Å². The Morgan fingerprint density at radius 2 is 1.42 bits per heavy atom. The van der Waals surface area contributed by atoms with Crippen molar-refractivity contribution in [2.45, 2.75) is 0 Å². The maximum Gasteiger partial charge on any atom is 0.343 e. The molecule has 0 aliphatic heterocycles. The maximum absolute atomic E-state index is 12.0. The van der Waals surface area contributed by atoms with E-state index in [9.17, 15) is 9.59 Å². The van der Waals surface area contributed by atoms with Crippen LogP contribution in [0.4, 0.5) is 0 Å². The van der Waals surface area contributed by atoms with Crippen LogP contribution in [0.25, 0.3) is 0 Å². The van der Waals surface area contributed by atoms with Crippen molar-refractivity contribution >= 4 is 18.1 Å². The first-order valence-electron chi connectivity index (χ1n) is 7.68. The number of carbonyl (C=O) groups is 2. The minimum Gasteiger partial charge on any atom is -0.423 e. The Balaban J connectivity index is 1.56. The van der Waals surface area contributed by atoms with Crippen LogP contribution in [0, 0.1) is 0 Å². The summed E-state index contributed by atoms with van der Waals surface area (Å²) in [7, 11) is 0. The lowest BCUT2D eigenvalue weighted by molar-refractivity contribution is 0.0734. The normalized spacial score (nSPS) is 10.5. The van der Waals surface area contributed by atoms with E-state index in [1.807, 2.05) is 0 Å². The van der Waals surface area contributed by atoms with E-state index in [1.165, 1.54) is 31.0 Å². The molecular formula is C19H14N4O3. The average Bonchev–Trinajstić information content (AvgIpc) is 2.70. The van der Waals surface area contributed by atoms with Gasteiger partial charge in [-0.25, -0.2) is 10.2 Å². The predicted molar refractivity (Wildman–Crippen MR) is 94.9 cm³/mol. The number of ether oxygens (including phenoxy) is 1. The number of esters is 1. The molecule has 128 valence electrons. The van der Waals surface area contributed by atoms with Crippen LogP contribution in [0.2, 0.25) is 0 Å². The third-order valence-corrected chi connectivity index (χ3v) is 3.33. The second kappa shape index (κ2) is 8.29. The number of nitrogens with zero attached hydrogens (tertiary/aromatic N) is 3. The molecule has 3 rings (SSSR count). The zero-order valence-corrected chi connectivity index (χ0v) is 13.6. The second-order valence-electron chi connectivity index (χ2n) is 5.13. The molecule has 0 aliphatic rings. The van der Waals surface area contributed by atoms with Gasteiger partial charge in [-0.1, -0.05) is 0 Å². The van der Waals surface area contributed by atoms with Crippen molar-refractivity contribution in [3.05, 3.63) is 90.0 Å². The topological polar surface area (TPSA) is 93.5 Å². The van der Waals surface area contributed by atoms with Crippen molar-refractivity contribution in [2.24, 2.45) is 5.10 Å². The largest absolute Gasteiger partial charge is 0.423 e. The first-order valence-corrected chi connectivity index (χ1v) is 7.68. The lowest BCUT2D eigenvalue weighted by Crippen LogP contribution is -2.17. The minimum absolute atomic E-state index is 0.327. The molecule has 7 heteroatoms. The van der Waals surface area contributed by atoms with Gasteiger partial charge in [0.05, 0.1) is 11.8 Å². The first kappa shape index (κ1) is 17.0. The molecule has 1 amide bonds. The second-order valence-corrected chi connectivity index (χ2v) is 5.13. The Kier molecular flexibility index (Phi) is 5.41. The van der Waals surface area contributed by atoms with Crippen LogP contribution in [0.1, 0.15) is 26.3 Å². The van der Waals surface area contributed by atoms with Gasteiger partial charge in [0.2, 0.25) is 0 Å². The van der Waals surface area contributed by atoms with Crippen LogP contribution in [0.5, 0.6) is 5.75 Å². The van der Waals surface area contributed by atoms with Crippen LogP contribution in [0.15, 0.2) is 78.4 Å². The first-order chi connectivity index (χ1) is 12.7. The number of aromatic nitrogens is 2. The zero-order valence-electron chi connectivity index (χ0n) is 13.6. The molecule has 0 saturated heterocycles. The fraction of sp³-hybridized carbons (Fsp3) is 0. The molecule has 0 bridgehead atoms. The number of hydrogen-bond acceptors (Lipinski definition) is 6. The van der Waals surface area contributed by atoms with Gasteiger partial charge in [0, 0.05) is 30.4 Å². The van der Waals surface area contributed by atoms with Crippen LogP contribution < -0.4 is 10.2 Å². The Hall–Kier alpha value is -3.87. The number of hydrazone groups is 1. The molecule has 0 aliphatic carbocycles. The standard InChI is InChI=1S/C19H14N4O3/c24-18(15-5-9-20-10-6-15)23-22-13-14-1-3-17(4-2-14)26-19(25)16-7-11-21-12-8-16/h1-13H,(H,23,24)/b22-13+. The summed E-state index contributed by atoms with van der Waals surface area (Å²) >= 11 is 0.